The first-order valence-electron chi connectivity index (χ1n) is 8.37. The zero-order valence-corrected chi connectivity index (χ0v) is 16.1. The lowest BCUT2D eigenvalue weighted by Gasteiger charge is -2.09. The lowest BCUT2D eigenvalue weighted by Crippen LogP contribution is -2.34. The van der Waals surface area contributed by atoms with E-state index in [0.717, 1.165) is 5.56 Å². The third-order valence-corrected chi connectivity index (χ3v) is 4.48. The second kappa shape index (κ2) is 9.29. The van der Waals surface area contributed by atoms with E-state index in [0.29, 0.717) is 17.0 Å². The molecule has 1 unspecified atom stereocenters. The van der Waals surface area contributed by atoms with E-state index < -0.39 is 17.1 Å². The molecular weight excluding hydrogens is 392 g/mol. The molecule has 146 valence electrons. The number of urea groups is 1. The van der Waals surface area contributed by atoms with E-state index in [1.54, 1.807) is 36.4 Å². The Hall–Kier alpha value is -3.97. The fourth-order valence-corrected chi connectivity index (χ4v) is 2.77. The van der Waals surface area contributed by atoms with Crippen LogP contribution in [0.1, 0.15) is 11.1 Å². The topological polar surface area (TPSA) is 129 Å². The van der Waals surface area contributed by atoms with Crippen molar-refractivity contribution in [1.29, 1.82) is 5.26 Å². The Balaban J connectivity index is 1.50. The number of carbonyl (C=O) groups is 1. The van der Waals surface area contributed by atoms with Crippen LogP contribution in [0.15, 0.2) is 65.7 Å². The van der Waals surface area contributed by atoms with Gasteiger partial charge in [-0.3, -0.25) is 5.43 Å². The number of nitriles is 1. The maximum absolute atomic E-state index is 12.2. The Labute approximate surface area is 169 Å². The van der Waals surface area contributed by atoms with Crippen LogP contribution in [-0.2, 0) is 11.1 Å². The molecule has 3 aromatic rings. The van der Waals surface area contributed by atoms with Crippen molar-refractivity contribution < 1.29 is 13.2 Å². The minimum absolute atomic E-state index is 0.137. The number of hydrazine groups is 1. The van der Waals surface area contributed by atoms with Crippen molar-refractivity contribution in [2.75, 3.05) is 10.7 Å². The average Bonchev–Trinajstić information content (AvgIpc) is 2.75. The predicted molar refractivity (Wildman–Crippen MR) is 107 cm³/mol. The van der Waals surface area contributed by atoms with Crippen LogP contribution in [0.5, 0.6) is 5.75 Å². The maximum atomic E-state index is 12.2. The summed E-state index contributed by atoms with van der Waals surface area (Å²) in [7, 11) is 0. The molecule has 9 nitrogen and oxygen atoms in total. The SMILES string of the molecule is Cc1ccc(OS(=O)c2ccc(NNC(=O)Nc3ccc(C#N)cc3)nn2)cc1. The lowest BCUT2D eigenvalue weighted by molar-refractivity contribution is 0.254. The number of anilines is 2. The Bertz CT molecular complexity index is 1050. The van der Waals surface area contributed by atoms with E-state index in [-0.39, 0.29) is 10.8 Å². The Morgan fingerprint density at radius 2 is 1.76 bits per heavy atom. The summed E-state index contributed by atoms with van der Waals surface area (Å²) < 4.78 is 17.5. The zero-order valence-electron chi connectivity index (χ0n) is 15.2. The zero-order chi connectivity index (χ0) is 20.6. The van der Waals surface area contributed by atoms with Gasteiger partial charge in [-0.15, -0.1) is 10.2 Å². The number of benzene rings is 2. The molecule has 0 spiro atoms. The summed E-state index contributed by atoms with van der Waals surface area (Å²) in [5.74, 6) is 0.704. The van der Waals surface area contributed by atoms with Gasteiger partial charge in [-0.05, 0) is 55.5 Å². The highest BCUT2D eigenvalue weighted by Crippen LogP contribution is 2.15. The fourth-order valence-electron chi connectivity index (χ4n) is 2.11. The van der Waals surface area contributed by atoms with Gasteiger partial charge in [0, 0.05) is 5.69 Å². The molecule has 0 saturated heterocycles. The predicted octanol–water partition coefficient (Wildman–Crippen LogP) is 2.91. The van der Waals surface area contributed by atoms with Crippen molar-refractivity contribution in [3.05, 3.63) is 71.8 Å². The minimum atomic E-state index is -1.82. The quantitative estimate of drug-likeness (QED) is 0.535. The number of hydrogen-bond acceptors (Lipinski definition) is 7. The second-order valence-electron chi connectivity index (χ2n) is 5.78. The standard InChI is InChI=1S/C19H16N6O3S/c1-13-2-8-16(9-3-13)28-29(27)18-11-10-17(22-24-18)23-25-19(26)21-15-6-4-14(12-20)5-7-15/h2-11H,1H3,(H,22,23)(H2,21,25,26). The molecule has 1 aromatic heterocycles. The van der Waals surface area contributed by atoms with Crippen LogP contribution in [0.4, 0.5) is 16.3 Å². The molecule has 0 aliphatic rings. The lowest BCUT2D eigenvalue weighted by atomic mass is 10.2. The molecule has 1 atom stereocenters. The van der Waals surface area contributed by atoms with Crippen molar-refractivity contribution in [3.8, 4) is 11.8 Å². The summed E-state index contributed by atoms with van der Waals surface area (Å²) in [4.78, 5) is 11.9. The molecule has 1 heterocycles. The number of nitrogens with zero attached hydrogens (tertiary/aromatic N) is 3. The maximum Gasteiger partial charge on any atom is 0.337 e. The number of carbonyl (C=O) groups excluding carboxylic acids is 1. The Morgan fingerprint density at radius 3 is 2.38 bits per heavy atom. The number of rotatable bonds is 6. The Kier molecular flexibility index (Phi) is 6.34. The van der Waals surface area contributed by atoms with Crippen molar-refractivity contribution >= 4 is 28.6 Å². The fraction of sp³-hybridized carbons (Fsp3) is 0.0526. The molecule has 2 aromatic carbocycles. The molecule has 29 heavy (non-hydrogen) atoms. The van der Waals surface area contributed by atoms with Crippen LogP contribution in [0, 0.1) is 18.3 Å². The average molecular weight is 408 g/mol. The van der Waals surface area contributed by atoms with Gasteiger partial charge in [0.25, 0.3) is 11.1 Å². The van der Waals surface area contributed by atoms with Gasteiger partial charge in [-0.25, -0.2) is 14.4 Å². The largest absolute Gasteiger partial charge is 0.396 e. The van der Waals surface area contributed by atoms with Crippen LogP contribution in [0.2, 0.25) is 0 Å². The minimum Gasteiger partial charge on any atom is -0.396 e. The number of aryl methyl sites for hydroxylation is 1. The summed E-state index contributed by atoms with van der Waals surface area (Å²) in [5.41, 5.74) is 7.06. The summed E-state index contributed by atoms with van der Waals surface area (Å²) in [6.07, 6.45) is 0. The van der Waals surface area contributed by atoms with Crippen LogP contribution < -0.4 is 20.4 Å². The molecule has 0 fully saturated rings. The molecule has 10 heteroatoms. The van der Waals surface area contributed by atoms with E-state index in [1.807, 2.05) is 25.1 Å². The van der Waals surface area contributed by atoms with Crippen molar-refractivity contribution in [1.82, 2.24) is 15.6 Å². The third kappa shape index (κ3) is 5.75. The molecule has 0 saturated carbocycles. The van der Waals surface area contributed by atoms with Crippen LogP contribution in [-0.4, -0.2) is 20.4 Å². The molecule has 0 aliphatic carbocycles. The highest BCUT2D eigenvalue weighted by Gasteiger charge is 2.10. The molecule has 3 N–H and O–H groups in total. The number of aromatic nitrogens is 2. The van der Waals surface area contributed by atoms with Crippen LogP contribution in [0.3, 0.4) is 0 Å². The summed E-state index contributed by atoms with van der Waals surface area (Å²) in [5, 5.41) is 19.2. The molecule has 3 rings (SSSR count). The molecule has 0 bridgehead atoms. The van der Waals surface area contributed by atoms with Crippen LogP contribution >= 0.6 is 0 Å². The molecular formula is C19H16N6O3S. The van der Waals surface area contributed by atoms with E-state index in [9.17, 15) is 9.00 Å². The Morgan fingerprint density at radius 1 is 1.03 bits per heavy atom. The number of nitrogens with one attached hydrogen (secondary N) is 3. The van der Waals surface area contributed by atoms with Crippen LogP contribution in [0.25, 0.3) is 0 Å². The van der Waals surface area contributed by atoms with Gasteiger partial charge >= 0.3 is 6.03 Å². The third-order valence-electron chi connectivity index (χ3n) is 3.58. The number of amides is 2. The summed E-state index contributed by atoms with van der Waals surface area (Å²) >= 11 is -1.82. The first kappa shape index (κ1) is 19.8. The van der Waals surface area contributed by atoms with E-state index in [4.69, 9.17) is 9.44 Å². The first-order chi connectivity index (χ1) is 14.0. The molecule has 0 aliphatic heterocycles. The molecule has 0 radical (unpaired) electrons. The van der Waals surface area contributed by atoms with Crippen molar-refractivity contribution in [3.63, 3.8) is 0 Å². The van der Waals surface area contributed by atoms with E-state index in [2.05, 4.69) is 26.4 Å². The highest BCUT2D eigenvalue weighted by molar-refractivity contribution is 7.80. The monoisotopic (exact) mass is 408 g/mol. The van der Waals surface area contributed by atoms with Gasteiger partial charge < -0.3 is 9.50 Å². The summed E-state index contributed by atoms with van der Waals surface area (Å²) in [6, 6.07) is 18.0. The first-order valence-corrected chi connectivity index (χ1v) is 9.44. The smallest absolute Gasteiger partial charge is 0.337 e. The van der Waals surface area contributed by atoms with E-state index >= 15 is 0 Å². The molecule has 2 amide bonds. The van der Waals surface area contributed by atoms with Gasteiger partial charge in [0.2, 0.25) is 0 Å². The van der Waals surface area contributed by atoms with Crippen molar-refractivity contribution in [2.24, 2.45) is 0 Å². The van der Waals surface area contributed by atoms with Gasteiger partial charge in [0.1, 0.15) is 5.75 Å². The number of hydrogen-bond donors (Lipinski definition) is 3. The highest BCUT2D eigenvalue weighted by atomic mass is 32.2. The second-order valence-corrected chi connectivity index (χ2v) is 6.84. The van der Waals surface area contributed by atoms with E-state index in [1.165, 1.54) is 12.1 Å². The van der Waals surface area contributed by atoms with Crippen molar-refractivity contribution in [2.45, 2.75) is 11.9 Å². The van der Waals surface area contributed by atoms with Gasteiger partial charge in [0.05, 0.1) is 11.6 Å². The van der Waals surface area contributed by atoms with Gasteiger partial charge in [0.15, 0.2) is 10.8 Å². The summed E-state index contributed by atoms with van der Waals surface area (Å²) in [6.45, 7) is 1.94. The normalized spacial score (nSPS) is 11.0. The van der Waals surface area contributed by atoms with Gasteiger partial charge in [-0.2, -0.15) is 5.26 Å². The van der Waals surface area contributed by atoms with Gasteiger partial charge in [-0.1, -0.05) is 17.7 Å².